The van der Waals surface area contributed by atoms with Crippen LogP contribution in [0.15, 0.2) is 35.5 Å². The summed E-state index contributed by atoms with van der Waals surface area (Å²) in [4.78, 5) is 0. The molecule has 3 aliphatic rings. The Balaban J connectivity index is 1.40. The fourth-order valence-electron chi connectivity index (χ4n) is 4.42. The molecule has 5 rings (SSSR count). The molecule has 3 fully saturated rings. The molecule has 10 heteroatoms. The molecule has 0 radical (unpaired) electrons. The van der Waals surface area contributed by atoms with Crippen molar-refractivity contribution in [2.75, 3.05) is 5.75 Å². The molecule has 9 nitrogen and oxygen atoms in total. The molecule has 2 saturated heterocycles. The number of aromatic nitrogens is 4. The molecule has 3 heterocycles. The Morgan fingerprint density at radius 3 is 2.61 bits per heavy atom. The summed E-state index contributed by atoms with van der Waals surface area (Å²) in [5.41, 5.74) is 0.579. The van der Waals surface area contributed by atoms with Crippen molar-refractivity contribution in [1.82, 2.24) is 20.2 Å². The minimum atomic E-state index is -3.81. The maximum Gasteiger partial charge on any atom is 0.272 e. The average Bonchev–Trinajstić information content (AvgIpc) is 3.45. The van der Waals surface area contributed by atoms with Gasteiger partial charge >= 0.3 is 0 Å². The second-order valence-electron chi connectivity index (χ2n) is 7.65. The monoisotopic (exact) mass is 406 g/mol. The van der Waals surface area contributed by atoms with E-state index in [4.69, 9.17) is 14.2 Å². The Kier molecular flexibility index (Phi) is 4.27. The Morgan fingerprint density at radius 2 is 1.86 bits per heavy atom. The van der Waals surface area contributed by atoms with Gasteiger partial charge in [-0.05, 0) is 42.3 Å². The number of tetrazole rings is 1. The highest BCUT2D eigenvalue weighted by Crippen LogP contribution is 2.47. The Morgan fingerprint density at radius 1 is 1.14 bits per heavy atom. The summed E-state index contributed by atoms with van der Waals surface area (Å²) in [6.07, 6.45) is 2.32. The van der Waals surface area contributed by atoms with Crippen LogP contribution in [0.3, 0.4) is 0 Å². The first-order chi connectivity index (χ1) is 13.5. The van der Waals surface area contributed by atoms with Crippen LogP contribution in [-0.4, -0.2) is 64.6 Å². The van der Waals surface area contributed by atoms with E-state index in [1.807, 2.05) is 13.0 Å². The van der Waals surface area contributed by atoms with Crippen LogP contribution in [0.4, 0.5) is 0 Å². The third-order valence-corrected chi connectivity index (χ3v) is 7.29. The second-order valence-corrected chi connectivity index (χ2v) is 9.58. The zero-order valence-corrected chi connectivity index (χ0v) is 16.3. The first-order valence-corrected chi connectivity index (χ1v) is 11.2. The molecule has 0 amide bonds. The fraction of sp³-hybridized carbons (Fsp3) is 0.611. The highest BCUT2D eigenvalue weighted by atomic mass is 32.2. The SMILES string of the molecule is C[C@@H]1O[C@H](CS(=O)(=O)c2nnnn2-c2ccccc2)[C@H]2OC3(CCCC3)O[C@H]21. The van der Waals surface area contributed by atoms with Crippen molar-refractivity contribution in [1.29, 1.82) is 0 Å². The van der Waals surface area contributed by atoms with Gasteiger partial charge in [0.15, 0.2) is 5.79 Å². The molecule has 2 aromatic rings. The molecule has 28 heavy (non-hydrogen) atoms. The van der Waals surface area contributed by atoms with Gasteiger partial charge in [-0.1, -0.05) is 23.3 Å². The number of hydrogen-bond donors (Lipinski definition) is 0. The lowest BCUT2D eigenvalue weighted by atomic mass is 10.1. The molecule has 0 N–H and O–H groups in total. The van der Waals surface area contributed by atoms with Crippen LogP contribution in [0.2, 0.25) is 0 Å². The average molecular weight is 406 g/mol. The van der Waals surface area contributed by atoms with Crippen LogP contribution in [0.5, 0.6) is 0 Å². The van der Waals surface area contributed by atoms with E-state index in [2.05, 4.69) is 15.5 Å². The molecule has 1 aliphatic carbocycles. The van der Waals surface area contributed by atoms with E-state index in [-0.39, 0.29) is 23.1 Å². The lowest BCUT2D eigenvalue weighted by molar-refractivity contribution is -0.201. The van der Waals surface area contributed by atoms with E-state index < -0.39 is 27.8 Å². The molecular weight excluding hydrogens is 384 g/mol. The molecule has 1 aromatic carbocycles. The van der Waals surface area contributed by atoms with Crippen LogP contribution in [0.25, 0.3) is 5.69 Å². The van der Waals surface area contributed by atoms with E-state index in [0.717, 1.165) is 25.7 Å². The van der Waals surface area contributed by atoms with Crippen LogP contribution in [0, 0.1) is 0 Å². The Labute approximate surface area is 162 Å². The van der Waals surface area contributed by atoms with Crippen molar-refractivity contribution in [3.8, 4) is 5.69 Å². The van der Waals surface area contributed by atoms with Crippen molar-refractivity contribution in [2.45, 2.75) is 68.0 Å². The van der Waals surface area contributed by atoms with Gasteiger partial charge in [0, 0.05) is 12.8 Å². The van der Waals surface area contributed by atoms with Gasteiger partial charge in [0.25, 0.3) is 5.16 Å². The Bertz CT molecular complexity index is 957. The van der Waals surface area contributed by atoms with Gasteiger partial charge in [-0.2, -0.15) is 4.68 Å². The van der Waals surface area contributed by atoms with Crippen LogP contribution < -0.4 is 0 Å². The molecule has 1 aromatic heterocycles. The van der Waals surface area contributed by atoms with E-state index in [1.54, 1.807) is 24.3 Å². The van der Waals surface area contributed by atoms with Crippen LogP contribution in [-0.2, 0) is 24.0 Å². The van der Waals surface area contributed by atoms with Crippen molar-refractivity contribution >= 4 is 9.84 Å². The third-order valence-electron chi connectivity index (χ3n) is 5.71. The third kappa shape index (κ3) is 2.95. The standard InChI is InChI=1S/C18H22N4O5S/c1-12-15-16(27-18(26-15)9-5-6-10-18)14(25-12)11-28(23,24)17-19-20-21-22(17)13-7-3-2-4-8-13/h2-4,7-8,12,14-16H,5-6,9-11H2,1H3/t12-,14+,15-,16+/m0/s1. The van der Waals surface area contributed by atoms with E-state index in [0.29, 0.717) is 5.69 Å². The lowest BCUT2D eigenvalue weighted by Gasteiger charge is -2.26. The van der Waals surface area contributed by atoms with Gasteiger partial charge in [0.2, 0.25) is 9.84 Å². The van der Waals surface area contributed by atoms with Gasteiger partial charge in [-0.25, -0.2) is 8.42 Å². The fourth-order valence-corrected chi connectivity index (χ4v) is 5.83. The summed E-state index contributed by atoms with van der Waals surface area (Å²) in [7, 11) is -3.81. The van der Waals surface area contributed by atoms with Gasteiger partial charge in [-0.3, -0.25) is 0 Å². The molecule has 0 unspecified atom stereocenters. The predicted octanol–water partition coefficient (Wildman–Crippen LogP) is 1.28. The number of fused-ring (bicyclic) bond motifs is 1. The maximum atomic E-state index is 13.1. The highest BCUT2D eigenvalue weighted by Gasteiger charge is 2.58. The minimum Gasteiger partial charge on any atom is -0.369 e. The predicted molar refractivity (Wildman–Crippen MR) is 96.5 cm³/mol. The van der Waals surface area contributed by atoms with Crippen molar-refractivity contribution in [3.63, 3.8) is 0 Å². The summed E-state index contributed by atoms with van der Waals surface area (Å²) in [6, 6.07) is 8.93. The highest BCUT2D eigenvalue weighted by molar-refractivity contribution is 7.91. The molecule has 1 saturated carbocycles. The quantitative estimate of drug-likeness (QED) is 0.748. The maximum absolute atomic E-state index is 13.1. The number of rotatable bonds is 4. The van der Waals surface area contributed by atoms with E-state index in [9.17, 15) is 8.42 Å². The number of sulfone groups is 1. The molecule has 1 spiro atoms. The molecule has 2 aliphatic heterocycles. The van der Waals surface area contributed by atoms with Gasteiger partial charge in [0.1, 0.15) is 18.3 Å². The number of para-hydroxylation sites is 1. The second kappa shape index (κ2) is 6.58. The first-order valence-electron chi connectivity index (χ1n) is 9.55. The number of nitrogens with zero attached hydrogens (tertiary/aromatic N) is 4. The molecular formula is C18H22N4O5S. The zero-order chi connectivity index (χ0) is 19.4. The van der Waals surface area contributed by atoms with Crippen LogP contribution in [0.1, 0.15) is 32.6 Å². The topological polar surface area (TPSA) is 105 Å². The number of benzene rings is 1. The lowest BCUT2D eigenvalue weighted by Crippen LogP contribution is -2.36. The summed E-state index contributed by atoms with van der Waals surface area (Å²) in [6.45, 7) is 1.90. The minimum absolute atomic E-state index is 0.201. The summed E-state index contributed by atoms with van der Waals surface area (Å²) in [5, 5.41) is 11.0. The molecule has 0 bridgehead atoms. The van der Waals surface area contributed by atoms with Gasteiger partial charge in [0.05, 0.1) is 17.5 Å². The summed E-state index contributed by atoms with van der Waals surface area (Å²) in [5.74, 6) is -0.827. The largest absolute Gasteiger partial charge is 0.369 e. The first kappa shape index (κ1) is 18.2. The molecule has 4 atom stereocenters. The zero-order valence-electron chi connectivity index (χ0n) is 15.5. The van der Waals surface area contributed by atoms with Gasteiger partial charge < -0.3 is 14.2 Å². The van der Waals surface area contributed by atoms with Crippen molar-refractivity contribution in [2.24, 2.45) is 0 Å². The van der Waals surface area contributed by atoms with Crippen molar-refractivity contribution < 1.29 is 22.6 Å². The normalized spacial score (nSPS) is 31.5. The summed E-state index contributed by atoms with van der Waals surface area (Å²) >= 11 is 0. The Hall–Kier alpha value is -1.88. The smallest absolute Gasteiger partial charge is 0.272 e. The summed E-state index contributed by atoms with van der Waals surface area (Å²) < 4.78 is 45.8. The number of ether oxygens (including phenoxy) is 3. The van der Waals surface area contributed by atoms with E-state index >= 15 is 0 Å². The van der Waals surface area contributed by atoms with Crippen molar-refractivity contribution in [3.05, 3.63) is 30.3 Å². The van der Waals surface area contributed by atoms with Gasteiger partial charge in [-0.15, -0.1) is 0 Å². The van der Waals surface area contributed by atoms with Crippen LogP contribution >= 0.6 is 0 Å². The molecule has 150 valence electrons. The van der Waals surface area contributed by atoms with E-state index in [1.165, 1.54) is 4.68 Å². The number of hydrogen-bond acceptors (Lipinski definition) is 8.